The molecule has 1 unspecified atom stereocenters. The van der Waals surface area contributed by atoms with Crippen LogP contribution in [-0.2, 0) is 0 Å². The van der Waals surface area contributed by atoms with E-state index in [1.54, 1.807) is 0 Å². The molecule has 0 aromatic rings. The van der Waals surface area contributed by atoms with Crippen LogP contribution in [0.4, 0.5) is 0 Å². The molecule has 0 fully saturated rings. The molecule has 10 heavy (non-hydrogen) atoms. The number of rotatable bonds is 3. The van der Waals surface area contributed by atoms with Gasteiger partial charge in [0.05, 0.1) is 6.07 Å². The Bertz CT molecular complexity index is 135. The molecule has 0 aromatic carbocycles. The van der Waals surface area contributed by atoms with Crippen molar-refractivity contribution in [3.63, 3.8) is 0 Å². The lowest BCUT2D eigenvalue weighted by Crippen LogP contribution is -2.39. The van der Waals surface area contributed by atoms with Crippen LogP contribution >= 0.6 is 0 Å². The molecule has 2 nitrogen and oxygen atoms in total. The zero-order valence-electron chi connectivity index (χ0n) is 7.31. The van der Waals surface area contributed by atoms with Crippen molar-refractivity contribution >= 4 is 0 Å². The first-order valence-corrected chi connectivity index (χ1v) is 3.65. The van der Waals surface area contributed by atoms with Gasteiger partial charge in [-0.2, -0.15) is 5.26 Å². The van der Waals surface area contributed by atoms with E-state index in [1.165, 1.54) is 0 Å². The van der Waals surface area contributed by atoms with Crippen LogP contribution in [0.5, 0.6) is 0 Å². The van der Waals surface area contributed by atoms with Crippen LogP contribution in [0.3, 0.4) is 0 Å². The summed E-state index contributed by atoms with van der Waals surface area (Å²) in [6.45, 7) is 4.07. The van der Waals surface area contributed by atoms with Gasteiger partial charge in [-0.25, -0.2) is 0 Å². The first-order valence-electron chi connectivity index (χ1n) is 3.65. The summed E-state index contributed by atoms with van der Waals surface area (Å²) in [4.78, 5) is 1.97. The first-order chi connectivity index (χ1) is 4.56. The summed E-state index contributed by atoms with van der Waals surface area (Å²) in [6, 6.07) is 2.30. The molecule has 0 aromatic heterocycles. The van der Waals surface area contributed by atoms with E-state index in [0.29, 0.717) is 0 Å². The highest BCUT2D eigenvalue weighted by molar-refractivity contribution is 5.02. The van der Waals surface area contributed by atoms with Crippen LogP contribution in [0, 0.1) is 11.3 Å². The highest BCUT2D eigenvalue weighted by Crippen LogP contribution is 2.16. The normalized spacial score (nSPS) is 16.4. The van der Waals surface area contributed by atoms with Gasteiger partial charge in [-0.05, 0) is 27.4 Å². The van der Waals surface area contributed by atoms with Gasteiger partial charge in [0, 0.05) is 0 Å². The molecule has 2 heteroatoms. The second-order valence-electron chi connectivity index (χ2n) is 3.03. The molecule has 0 spiro atoms. The zero-order valence-corrected chi connectivity index (χ0v) is 7.31. The van der Waals surface area contributed by atoms with E-state index in [0.717, 1.165) is 12.8 Å². The van der Waals surface area contributed by atoms with Gasteiger partial charge in [-0.15, -0.1) is 0 Å². The average molecular weight is 140 g/mol. The second kappa shape index (κ2) is 3.58. The summed E-state index contributed by atoms with van der Waals surface area (Å²) in [5, 5.41) is 8.80. The number of nitriles is 1. The van der Waals surface area contributed by atoms with Crippen LogP contribution in [0.2, 0.25) is 0 Å². The lowest BCUT2D eigenvalue weighted by atomic mass is 9.97. The Morgan fingerprint density at radius 3 is 2.10 bits per heavy atom. The Morgan fingerprint density at radius 1 is 1.50 bits per heavy atom. The Kier molecular flexibility index (Phi) is 3.38. The van der Waals surface area contributed by atoms with Crippen molar-refractivity contribution < 1.29 is 0 Å². The van der Waals surface area contributed by atoms with Crippen molar-refractivity contribution in [2.24, 2.45) is 0 Å². The molecule has 0 aliphatic heterocycles. The molecule has 0 saturated heterocycles. The fourth-order valence-corrected chi connectivity index (χ4v) is 0.866. The van der Waals surface area contributed by atoms with Gasteiger partial charge in [0.2, 0.25) is 0 Å². The molecule has 1 atom stereocenters. The molecule has 0 bridgehead atoms. The van der Waals surface area contributed by atoms with Crippen LogP contribution in [-0.4, -0.2) is 24.5 Å². The van der Waals surface area contributed by atoms with Gasteiger partial charge >= 0.3 is 0 Å². The van der Waals surface area contributed by atoms with Crippen molar-refractivity contribution in [3.8, 4) is 6.07 Å². The third kappa shape index (κ3) is 2.00. The summed E-state index contributed by atoms with van der Waals surface area (Å²) in [5.74, 6) is 0. The van der Waals surface area contributed by atoms with E-state index in [-0.39, 0.29) is 5.54 Å². The topological polar surface area (TPSA) is 27.0 Å². The highest BCUT2D eigenvalue weighted by Gasteiger charge is 2.24. The molecule has 58 valence electrons. The standard InChI is InChI=1S/C8H16N2/c1-5-6-8(2,7-9)10(3)4/h5-6H2,1-4H3. The Balaban J connectivity index is 4.12. The van der Waals surface area contributed by atoms with Gasteiger partial charge in [0.25, 0.3) is 0 Å². The molecule has 0 radical (unpaired) electrons. The minimum absolute atomic E-state index is 0.269. The molecule has 0 aliphatic rings. The zero-order chi connectivity index (χ0) is 8.20. The molecule has 0 amide bonds. The smallest absolute Gasteiger partial charge is 0.105 e. The Morgan fingerprint density at radius 2 is 2.00 bits per heavy atom. The van der Waals surface area contributed by atoms with E-state index in [1.807, 2.05) is 25.9 Å². The Hall–Kier alpha value is -0.550. The predicted octanol–water partition coefficient (Wildman–Crippen LogP) is 1.63. The SMILES string of the molecule is CCCC(C)(C#N)N(C)C. The molecule has 0 saturated carbocycles. The third-order valence-electron chi connectivity index (χ3n) is 1.96. The summed E-state index contributed by atoms with van der Waals surface area (Å²) < 4.78 is 0. The monoisotopic (exact) mass is 140 g/mol. The summed E-state index contributed by atoms with van der Waals surface area (Å²) in [6.07, 6.45) is 2.00. The minimum Gasteiger partial charge on any atom is -0.292 e. The van der Waals surface area contributed by atoms with Gasteiger partial charge in [-0.1, -0.05) is 13.3 Å². The van der Waals surface area contributed by atoms with Crippen LogP contribution < -0.4 is 0 Å². The summed E-state index contributed by atoms with van der Waals surface area (Å²) >= 11 is 0. The van der Waals surface area contributed by atoms with Crippen molar-refractivity contribution in [2.75, 3.05) is 14.1 Å². The number of nitrogens with zero attached hydrogens (tertiary/aromatic N) is 2. The fourth-order valence-electron chi connectivity index (χ4n) is 0.866. The van der Waals surface area contributed by atoms with E-state index >= 15 is 0 Å². The highest BCUT2D eigenvalue weighted by atomic mass is 15.1. The molecular formula is C8H16N2. The number of hydrogen-bond acceptors (Lipinski definition) is 2. The van der Waals surface area contributed by atoms with Crippen molar-refractivity contribution in [2.45, 2.75) is 32.2 Å². The van der Waals surface area contributed by atoms with Crippen molar-refractivity contribution in [1.29, 1.82) is 5.26 Å². The summed E-state index contributed by atoms with van der Waals surface area (Å²) in [5.41, 5.74) is -0.269. The summed E-state index contributed by atoms with van der Waals surface area (Å²) in [7, 11) is 3.89. The lowest BCUT2D eigenvalue weighted by Gasteiger charge is -2.28. The maximum Gasteiger partial charge on any atom is 0.105 e. The van der Waals surface area contributed by atoms with Crippen LogP contribution in [0.25, 0.3) is 0 Å². The second-order valence-corrected chi connectivity index (χ2v) is 3.03. The van der Waals surface area contributed by atoms with E-state index in [2.05, 4.69) is 13.0 Å². The van der Waals surface area contributed by atoms with Gasteiger partial charge in [0.1, 0.15) is 5.54 Å². The van der Waals surface area contributed by atoms with Crippen molar-refractivity contribution in [1.82, 2.24) is 4.90 Å². The van der Waals surface area contributed by atoms with E-state index in [9.17, 15) is 0 Å². The quantitative estimate of drug-likeness (QED) is 0.595. The molecule has 0 N–H and O–H groups in total. The van der Waals surface area contributed by atoms with Gasteiger partial charge in [-0.3, -0.25) is 4.90 Å². The van der Waals surface area contributed by atoms with Gasteiger partial charge in [0.15, 0.2) is 0 Å². The van der Waals surface area contributed by atoms with E-state index < -0.39 is 0 Å². The molecule has 0 rings (SSSR count). The number of hydrogen-bond donors (Lipinski definition) is 0. The molecule has 0 heterocycles. The largest absolute Gasteiger partial charge is 0.292 e. The van der Waals surface area contributed by atoms with Crippen LogP contribution in [0.1, 0.15) is 26.7 Å². The maximum absolute atomic E-state index is 8.80. The van der Waals surface area contributed by atoms with Crippen molar-refractivity contribution in [3.05, 3.63) is 0 Å². The fraction of sp³-hybridized carbons (Fsp3) is 0.875. The predicted molar refractivity (Wildman–Crippen MR) is 42.6 cm³/mol. The van der Waals surface area contributed by atoms with E-state index in [4.69, 9.17) is 5.26 Å². The van der Waals surface area contributed by atoms with Gasteiger partial charge < -0.3 is 0 Å². The van der Waals surface area contributed by atoms with Crippen LogP contribution in [0.15, 0.2) is 0 Å². The molecular weight excluding hydrogens is 124 g/mol. The minimum atomic E-state index is -0.269. The Labute approximate surface area is 63.4 Å². The molecule has 0 aliphatic carbocycles. The first kappa shape index (κ1) is 9.45. The lowest BCUT2D eigenvalue weighted by molar-refractivity contribution is 0.222. The average Bonchev–Trinajstić information content (AvgIpc) is 1.88. The third-order valence-corrected chi connectivity index (χ3v) is 1.96. The maximum atomic E-state index is 8.80.